The molecular weight excluding hydrogens is 432 g/mol. The number of alkyl carbamates (subject to hydrolysis) is 1. The molecule has 1 saturated heterocycles. The van der Waals surface area contributed by atoms with Gasteiger partial charge < -0.3 is 20.1 Å². The van der Waals surface area contributed by atoms with Gasteiger partial charge >= 0.3 is 12.1 Å². The topological polar surface area (TPSA) is 95.9 Å². The molecule has 34 heavy (non-hydrogen) atoms. The lowest BCUT2D eigenvalue weighted by molar-refractivity contribution is -0.148. The molecule has 0 bridgehead atoms. The molecule has 2 aromatic carbocycles. The number of ether oxygens (including phenoxy) is 1. The van der Waals surface area contributed by atoms with E-state index in [2.05, 4.69) is 29.6 Å². The Morgan fingerprint density at radius 1 is 1.06 bits per heavy atom. The summed E-state index contributed by atoms with van der Waals surface area (Å²) in [5, 5.41) is 12.2. The molecule has 2 atom stereocenters. The van der Waals surface area contributed by atoms with Crippen LogP contribution in [0.3, 0.4) is 0 Å². The van der Waals surface area contributed by atoms with Crippen molar-refractivity contribution in [2.24, 2.45) is 11.8 Å². The van der Waals surface area contributed by atoms with E-state index in [1.54, 1.807) is 0 Å². The molecular formula is C27H32N2O5. The predicted octanol–water partition coefficient (Wildman–Crippen LogP) is 4.26. The highest BCUT2D eigenvalue weighted by Gasteiger charge is 2.35. The van der Waals surface area contributed by atoms with Crippen molar-refractivity contribution in [2.45, 2.75) is 45.1 Å². The van der Waals surface area contributed by atoms with Gasteiger partial charge in [-0.1, -0.05) is 62.4 Å². The Bertz CT molecular complexity index is 1020. The molecule has 0 saturated carbocycles. The van der Waals surface area contributed by atoms with Gasteiger partial charge in [0.25, 0.3) is 0 Å². The summed E-state index contributed by atoms with van der Waals surface area (Å²) in [4.78, 5) is 38.2. The number of carbonyl (C=O) groups excluding carboxylic acids is 2. The summed E-state index contributed by atoms with van der Waals surface area (Å²) < 4.78 is 5.60. The Morgan fingerprint density at radius 3 is 2.26 bits per heavy atom. The zero-order valence-corrected chi connectivity index (χ0v) is 19.7. The summed E-state index contributed by atoms with van der Waals surface area (Å²) in [6.45, 7) is 5.00. The summed E-state index contributed by atoms with van der Waals surface area (Å²) in [5.74, 6) is -1.10. The van der Waals surface area contributed by atoms with Gasteiger partial charge in [-0.25, -0.2) is 9.59 Å². The number of benzene rings is 2. The van der Waals surface area contributed by atoms with Gasteiger partial charge in [0.15, 0.2) is 0 Å². The van der Waals surface area contributed by atoms with Crippen LogP contribution in [-0.2, 0) is 14.3 Å². The van der Waals surface area contributed by atoms with Crippen molar-refractivity contribution in [3.05, 3.63) is 59.7 Å². The number of rotatable bonds is 8. The number of nitrogens with zero attached hydrogens (tertiary/aromatic N) is 1. The molecule has 1 unspecified atom stereocenters. The molecule has 0 aromatic heterocycles. The van der Waals surface area contributed by atoms with Crippen LogP contribution >= 0.6 is 0 Å². The van der Waals surface area contributed by atoms with Gasteiger partial charge in [0.1, 0.15) is 12.6 Å². The summed E-state index contributed by atoms with van der Waals surface area (Å²) in [7, 11) is 0. The third-order valence-corrected chi connectivity index (χ3v) is 7.09. The van der Waals surface area contributed by atoms with E-state index >= 15 is 0 Å². The number of hydrogen-bond acceptors (Lipinski definition) is 4. The first kappa shape index (κ1) is 23.8. The maximum atomic E-state index is 12.8. The van der Waals surface area contributed by atoms with E-state index in [9.17, 15) is 19.5 Å². The maximum Gasteiger partial charge on any atom is 0.407 e. The second-order valence-electron chi connectivity index (χ2n) is 9.50. The van der Waals surface area contributed by atoms with Crippen molar-refractivity contribution in [3.8, 4) is 11.1 Å². The average Bonchev–Trinajstić information content (AvgIpc) is 3.44. The first-order valence-electron chi connectivity index (χ1n) is 12.0. The molecule has 2 aromatic rings. The van der Waals surface area contributed by atoms with Gasteiger partial charge in [0.05, 0.1) is 0 Å². The van der Waals surface area contributed by atoms with Crippen LogP contribution < -0.4 is 5.32 Å². The molecule has 7 heteroatoms. The molecule has 2 aliphatic rings. The average molecular weight is 465 g/mol. The van der Waals surface area contributed by atoms with Crippen molar-refractivity contribution >= 4 is 18.0 Å². The fourth-order valence-electron chi connectivity index (χ4n) is 5.07. The van der Waals surface area contributed by atoms with Crippen LogP contribution in [-0.4, -0.2) is 53.7 Å². The van der Waals surface area contributed by atoms with Crippen LogP contribution in [0.25, 0.3) is 11.1 Å². The molecule has 0 spiro atoms. The Morgan fingerprint density at radius 2 is 1.68 bits per heavy atom. The van der Waals surface area contributed by atoms with E-state index in [0.29, 0.717) is 25.9 Å². The van der Waals surface area contributed by atoms with Crippen LogP contribution in [0, 0.1) is 11.8 Å². The van der Waals surface area contributed by atoms with Gasteiger partial charge in [0, 0.05) is 25.4 Å². The van der Waals surface area contributed by atoms with E-state index < -0.39 is 18.1 Å². The maximum absolute atomic E-state index is 12.8. The number of carboxylic acids is 1. The number of aliphatic carboxylic acids is 1. The molecule has 2 amide bonds. The van der Waals surface area contributed by atoms with Crippen molar-refractivity contribution < 1.29 is 24.2 Å². The lowest BCUT2D eigenvalue weighted by Crippen LogP contribution is -2.42. The molecule has 4 rings (SSSR count). The number of nitrogens with one attached hydrogen (secondary N) is 1. The Kier molecular flexibility index (Phi) is 7.20. The Labute approximate surface area is 200 Å². The number of likely N-dealkylation sites (tertiary alicyclic amines) is 1. The van der Waals surface area contributed by atoms with E-state index in [1.807, 2.05) is 38.1 Å². The predicted molar refractivity (Wildman–Crippen MR) is 128 cm³/mol. The van der Waals surface area contributed by atoms with Crippen LogP contribution in [0.1, 0.15) is 50.2 Å². The van der Waals surface area contributed by atoms with Crippen LogP contribution in [0.15, 0.2) is 48.5 Å². The first-order valence-corrected chi connectivity index (χ1v) is 12.0. The number of amides is 2. The lowest BCUT2D eigenvalue weighted by atomic mass is 9.91. The molecule has 0 radical (unpaired) electrons. The summed E-state index contributed by atoms with van der Waals surface area (Å²) in [6.07, 6.45) is 0.883. The minimum absolute atomic E-state index is 0.0104. The lowest BCUT2D eigenvalue weighted by Gasteiger charge is -2.26. The number of fused-ring (bicyclic) bond motifs is 3. The fraction of sp³-hybridized carbons (Fsp3) is 0.444. The number of carbonyl (C=O) groups is 3. The number of hydrogen-bond donors (Lipinski definition) is 2. The van der Waals surface area contributed by atoms with Crippen molar-refractivity contribution in [1.82, 2.24) is 10.2 Å². The third-order valence-electron chi connectivity index (χ3n) is 7.09. The zero-order valence-electron chi connectivity index (χ0n) is 19.7. The van der Waals surface area contributed by atoms with Gasteiger partial charge in [0.2, 0.25) is 5.91 Å². The van der Waals surface area contributed by atoms with Crippen molar-refractivity contribution in [3.63, 3.8) is 0 Å². The van der Waals surface area contributed by atoms with Crippen molar-refractivity contribution in [1.29, 1.82) is 0 Å². The monoisotopic (exact) mass is 464 g/mol. The summed E-state index contributed by atoms with van der Waals surface area (Å²) in [5.41, 5.74) is 4.65. The van der Waals surface area contributed by atoms with E-state index in [0.717, 1.165) is 11.1 Å². The Hall–Kier alpha value is -3.35. The highest BCUT2D eigenvalue weighted by Crippen LogP contribution is 2.44. The SMILES string of the molecule is CC(C)C(CNC(=O)OCC1c2ccccc2-c2ccccc21)CC(=O)N1CCC[C@@H]1C(=O)O. The fourth-order valence-corrected chi connectivity index (χ4v) is 5.07. The van der Waals surface area contributed by atoms with Gasteiger partial charge in [-0.3, -0.25) is 4.79 Å². The smallest absolute Gasteiger partial charge is 0.407 e. The minimum Gasteiger partial charge on any atom is -0.480 e. The summed E-state index contributed by atoms with van der Waals surface area (Å²) in [6, 6.07) is 15.6. The van der Waals surface area contributed by atoms with Gasteiger partial charge in [-0.05, 0) is 46.9 Å². The number of carboxylic acid groups (broad SMARTS) is 1. The second-order valence-corrected chi connectivity index (χ2v) is 9.50. The summed E-state index contributed by atoms with van der Waals surface area (Å²) >= 11 is 0. The second kappa shape index (κ2) is 10.3. The van der Waals surface area contributed by atoms with Crippen molar-refractivity contribution in [2.75, 3.05) is 19.7 Å². The highest BCUT2D eigenvalue weighted by molar-refractivity contribution is 5.84. The molecule has 7 nitrogen and oxygen atoms in total. The molecule has 1 aliphatic heterocycles. The highest BCUT2D eigenvalue weighted by atomic mass is 16.5. The molecule has 2 N–H and O–H groups in total. The third kappa shape index (κ3) is 4.93. The standard InChI is InChI=1S/C27H32N2O5/c1-17(2)18(14-25(30)29-13-7-12-24(29)26(31)32)15-28-27(33)34-16-23-21-10-5-3-8-19(21)20-9-4-6-11-22(20)23/h3-6,8-11,17-18,23-24H,7,12-16H2,1-2H3,(H,28,33)(H,31,32)/t18?,24-/m1/s1. The molecule has 1 fully saturated rings. The normalized spacial score (nSPS) is 17.9. The first-order chi connectivity index (χ1) is 16.4. The molecule has 1 aliphatic carbocycles. The van der Waals surface area contributed by atoms with Crippen LogP contribution in [0.2, 0.25) is 0 Å². The van der Waals surface area contributed by atoms with Gasteiger partial charge in [-0.15, -0.1) is 0 Å². The largest absolute Gasteiger partial charge is 0.480 e. The van der Waals surface area contributed by atoms with E-state index in [-0.39, 0.29) is 36.7 Å². The zero-order chi connectivity index (χ0) is 24.2. The minimum atomic E-state index is -0.955. The van der Waals surface area contributed by atoms with Crippen LogP contribution in [0.4, 0.5) is 4.79 Å². The van der Waals surface area contributed by atoms with E-state index in [4.69, 9.17) is 4.74 Å². The molecule has 180 valence electrons. The Balaban J connectivity index is 1.32. The quantitative estimate of drug-likeness (QED) is 0.609. The van der Waals surface area contributed by atoms with Gasteiger partial charge in [-0.2, -0.15) is 0 Å². The van der Waals surface area contributed by atoms with Crippen LogP contribution in [0.5, 0.6) is 0 Å². The van der Waals surface area contributed by atoms with E-state index in [1.165, 1.54) is 16.0 Å². The molecule has 1 heterocycles.